The van der Waals surface area contributed by atoms with E-state index in [1.165, 1.54) is 28.1 Å². The summed E-state index contributed by atoms with van der Waals surface area (Å²) in [7, 11) is 6.65. The van der Waals surface area contributed by atoms with Crippen LogP contribution in [-0.2, 0) is 0 Å². The summed E-state index contributed by atoms with van der Waals surface area (Å²) in [5.74, 6) is 3.04. The minimum absolute atomic E-state index is 0.759. The van der Waals surface area contributed by atoms with Gasteiger partial charge in [0.15, 0.2) is 23.0 Å². The number of ether oxygens (including phenoxy) is 4. The van der Waals surface area contributed by atoms with Crippen LogP contribution in [-0.4, -0.2) is 28.4 Å². The van der Waals surface area contributed by atoms with E-state index in [1.807, 2.05) is 24.3 Å². The lowest BCUT2D eigenvalue weighted by atomic mass is 10.3. The molecule has 4 nitrogen and oxygen atoms in total. The smallest absolute Gasteiger partial charge is 0.161 e. The van der Waals surface area contributed by atoms with Crippen LogP contribution in [0, 0.1) is 0 Å². The van der Waals surface area contributed by atoms with E-state index in [0.29, 0.717) is 0 Å². The van der Waals surface area contributed by atoms with Gasteiger partial charge in [-0.25, -0.2) is 0 Å². The summed E-state index contributed by atoms with van der Waals surface area (Å²) in [6.07, 6.45) is 0. The van der Waals surface area contributed by atoms with E-state index in [4.69, 9.17) is 18.9 Å². The summed E-state index contributed by atoms with van der Waals surface area (Å²) in [4.78, 5) is 4.79. The molecule has 0 aromatic heterocycles. The Balaban J connectivity index is 1.65. The van der Waals surface area contributed by atoms with Crippen molar-refractivity contribution in [3.8, 4) is 23.0 Å². The zero-order valence-corrected chi connectivity index (χ0v) is 17.8. The number of rotatable bonds is 4. The minimum Gasteiger partial charge on any atom is -0.493 e. The predicted octanol–water partition coefficient (Wildman–Crippen LogP) is 5.94. The number of benzene rings is 2. The van der Waals surface area contributed by atoms with Crippen LogP contribution in [0.1, 0.15) is 0 Å². The third kappa shape index (κ3) is 3.13. The Morgan fingerprint density at radius 1 is 0.462 bits per heavy atom. The molecule has 0 amide bonds. The molecular weight excluding hydrogens is 408 g/mol. The van der Waals surface area contributed by atoms with E-state index >= 15 is 0 Å². The fourth-order valence-electron chi connectivity index (χ4n) is 2.61. The van der Waals surface area contributed by atoms with Gasteiger partial charge in [-0.05, 0) is 24.3 Å². The van der Waals surface area contributed by atoms with E-state index in [1.54, 1.807) is 75.5 Å². The molecule has 136 valence electrons. The number of thioether (sulfide) groups is 4. The first-order valence-electron chi connectivity index (χ1n) is 7.64. The van der Waals surface area contributed by atoms with Gasteiger partial charge in [0.25, 0.3) is 0 Å². The Hall–Kier alpha value is -1.22. The van der Waals surface area contributed by atoms with Crippen molar-refractivity contribution < 1.29 is 18.9 Å². The van der Waals surface area contributed by atoms with E-state index in [-0.39, 0.29) is 0 Å². The second kappa shape index (κ2) is 7.42. The minimum atomic E-state index is 0.759. The molecule has 0 fully saturated rings. The molecule has 2 aliphatic heterocycles. The zero-order chi connectivity index (χ0) is 18.3. The molecule has 0 saturated carbocycles. The highest BCUT2D eigenvalue weighted by molar-refractivity contribution is 8.30. The third-order valence-corrected chi connectivity index (χ3v) is 9.44. The van der Waals surface area contributed by atoms with Crippen molar-refractivity contribution in [3.63, 3.8) is 0 Å². The van der Waals surface area contributed by atoms with Crippen LogP contribution >= 0.6 is 47.0 Å². The van der Waals surface area contributed by atoms with Crippen LogP contribution in [0.15, 0.2) is 52.3 Å². The summed E-state index contributed by atoms with van der Waals surface area (Å²) in [6, 6.07) is 8.18. The lowest BCUT2D eigenvalue weighted by Gasteiger charge is -2.08. The Morgan fingerprint density at radius 2 is 0.692 bits per heavy atom. The molecule has 0 aliphatic carbocycles. The van der Waals surface area contributed by atoms with Crippen LogP contribution in [0.2, 0.25) is 0 Å². The van der Waals surface area contributed by atoms with Crippen molar-refractivity contribution in [2.24, 2.45) is 0 Å². The number of fused-ring (bicyclic) bond motifs is 2. The molecule has 0 radical (unpaired) electrons. The van der Waals surface area contributed by atoms with Gasteiger partial charge in [-0.3, -0.25) is 0 Å². The maximum Gasteiger partial charge on any atom is 0.161 e. The van der Waals surface area contributed by atoms with Gasteiger partial charge in [-0.15, -0.1) is 0 Å². The molecule has 0 unspecified atom stereocenters. The van der Waals surface area contributed by atoms with Crippen molar-refractivity contribution in [1.82, 2.24) is 0 Å². The van der Waals surface area contributed by atoms with Gasteiger partial charge in [0.2, 0.25) is 0 Å². The van der Waals surface area contributed by atoms with Gasteiger partial charge < -0.3 is 18.9 Å². The Morgan fingerprint density at radius 3 is 0.885 bits per heavy atom. The molecule has 2 aromatic carbocycles. The quantitative estimate of drug-likeness (QED) is 0.596. The van der Waals surface area contributed by atoms with Gasteiger partial charge in [0.1, 0.15) is 0 Å². The van der Waals surface area contributed by atoms with E-state index in [2.05, 4.69) is 0 Å². The van der Waals surface area contributed by atoms with E-state index < -0.39 is 0 Å². The van der Waals surface area contributed by atoms with Crippen molar-refractivity contribution in [3.05, 3.63) is 32.7 Å². The lowest BCUT2D eigenvalue weighted by Crippen LogP contribution is -1.90. The highest BCUT2D eigenvalue weighted by Gasteiger charge is 2.29. The Labute approximate surface area is 169 Å². The monoisotopic (exact) mass is 424 g/mol. The summed E-state index contributed by atoms with van der Waals surface area (Å²) in [5, 5.41) is 0. The Kier molecular flexibility index (Phi) is 5.18. The summed E-state index contributed by atoms with van der Waals surface area (Å²) in [5.41, 5.74) is 0. The molecule has 4 rings (SSSR count). The van der Waals surface area contributed by atoms with E-state index in [9.17, 15) is 0 Å². The molecular formula is C18H16O4S4. The average Bonchev–Trinajstić information content (AvgIpc) is 3.28. The molecule has 0 saturated heterocycles. The molecule has 8 heteroatoms. The summed E-state index contributed by atoms with van der Waals surface area (Å²) < 4.78 is 24.2. The van der Waals surface area contributed by atoms with Crippen LogP contribution in [0.5, 0.6) is 23.0 Å². The highest BCUT2D eigenvalue weighted by atomic mass is 32.2. The summed E-state index contributed by atoms with van der Waals surface area (Å²) >= 11 is 7.10. The first-order valence-corrected chi connectivity index (χ1v) is 10.9. The standard InChI is InChI=1S/C18H16O4S4/c1-19-9-5-13-14(6-10(9)20-2)24-17(23-13)18-25-15-7-11(21-3)12(22-4)8-16(15)26-18/h5-8H,1-4H3. The maximum absolute atomic E-state index is 5.42. The first-order chi connectivity index (χ1) is 12.7. The predicted molar refractivity (Wildman–Crippen MR) is 110 cm³/mol. The molecule has 2 aromatic rings. The SMILES string of the molecule is COc1cc2c(cc1OC)SC(=C1Sc3cc(OC)c(OC)cc3S1)S2. The van der Waals surface area contributed by atoms with Crippen LogP contribution < -0.4 is 18.9 Å². The molecule has 0 spiro atoms. The van der Waals surface area contributed by atoms with Crippen LogP contribution in [0.25, 0.3) is 0 Å². The second-order valence-corrected chi connectivity index (χ2v) is 10.0. The maximum atomic E-state index is 5.42. The molecule has 0 bridgehead atoms. The Bertz CT molecular complexity index is 767. The van der Waals surface area contributed by atoms with Gasteiger partial charge in [0, 0.05) is 19.6 Å². The van der Waals surface area contributed by atoms with Crippen molar-refractivity contribution in [2.45, 2.75) is 19.6 Å². The number of methoxy groups -OCH3 is 4. The molecule has 26 heavy (non-hydrogen) atoms. The molecule has 0 atom stereocenters. The normalized spacial score (nSPS) is 14.9. The van der Waals surface area contributed by atoms with Crippen molar-refractivity contribution in [2.75, 3.05) is 28.4 Å². The van der Waals surface area contributed by atoms with Gasteiger partial charge >= 0.3 is 0 Å². The topological polar surface area (TPSA) is 36.9 Å². The number of hydrogen-bond acceptors (Lipinski definition) is 8. The molecule has 0 N–H and O–H groups in total. The van der Waals surface area contributed by atoms with Crippen molar-refractivity contribution in [1.29, 1.82) is 0 Å². The van der Waals surface area contributed by atoms with Crippen LogP contribution in [0.4, 0.5) is 0 Å². The first kappa shape index (κ1) is 18.2. The zero-order valence-electron chi connectivity index (χ0n) is 14.6. The fourth-order valence-corrected chi connectivity index (χ4v) is 7.96. The fraction of sp³-hybridized carbons (Fsp3) is 0.222. The summed E-state index contributed by atoms with van der Waals surface area (Å²) in [6.45, 7) is 0. The van der Waals surface area contributed by atoms with E-state index in [0.717, 1.165) is 23.0 Å². The van der Waals surface area contributed by atoms with Gasteiger partial charge in [-0.2, -0.15) is 0 Å². The molecule has 2 aliphatic rings. The lowest BCUT2D eigenvalue weighted by molar-refractivity contribution is 0.353. The third-order valence-electron chi connectivity index (χ3n) is 3.88. The van der Waals surface area contributed by atoms with Gasteiger partial charge in [-0.1, -0.05) is 47.0 Å². The highest BCUT2D eigenvalue weighted by Crippen LogP contribution is 2.63. The number of hydrogen-bond donors (Lipinski definition) is 0. The van der Waals surface area contributed by atoms with Crippen molar-refractivity contribution >= 4 is 47.0 Å². The molecule has 2 heterocycles. The second-order valence-electron chi connectivity index (χ2n) is 5.29. The largest absolute Gasteiger partial charge is 0.493 e. The average molecular weight is 425 g/mol. The van der Waals surface area contributed by atoms with Gasteiger partial charge in [0.05, 0.1) is 36.9 Å². The van der Waals surface area contributed by atoms with Crippen LogP contribution in [0.3, 0.4) is 0 Å².